The SMILES string of the molecule is CCCCCNC(=O)c1cc(NCc2ccc3c(c2)OCO3)ccn1. The maximum absolute atomic E-state index is 12.1. The van der Waals surface area contributed by atoms with Gasteiger partial charge < -0.3 is 20.1 Å². The standard InChI is InChI=1S/C19H23N3O3/c1-2-3-4-8-21-19(23)16-11-15(7-9-20-16)22-12-14-5-6-17-18(10-14)25-13-24-17/h5-7,9-11H,2-4,8,12-13H2,1H3,(H,20,22)(H,21,23). The van der Waals surface area contributed by atoms with E-state index in [1.807, 2.05) is 24.3 Å². The highest BCUT2D eigenvalue weighted by Gasteiger charge is 2.13. The van der Waals surface area contributed by atoms with Crippen LogP contribution in [-0.2, 0) is 6.54 Å². The van der Waals surface area contributed by atoms with E-state index in [0.29, 0.717) is 18.8 Å². The van der Waals surface area contributed by atoms with Gasteiger partial charge in [-0.1, -0.05) is 25.8 Å². The molecule has 0 unspecified atom stereocenters. The van der Waals surface area contributed by atoms with E-state index in [9.17, 15) is 4.79 Å². The van der Waals surface area contributed by atoms with Gasteiger partial charge in [-0.15, -0.1) is 0 Å². The van der Waals surface area contributed by atoms with Gasteiger partial charge in [-0.05, 0) is 36.2 Å². The summed E-state index contributed by atoms with van der Waals surface area (Å²) in [6, 6.07) is 9.46. The van der Waals surface area contributed by atoms with Crippen molar-refractivity contribution in [2.75, 3.05) is 18.7 Å². The Morgan fingerprint density at radius 1 is 1.16 bits per heavy atom. The zero-order valence-electron chi connectivity index (χ0n) is 14.4. The molecule has 1 aliphatic rings. The van der Waals surface area contributed by atoms with E-state index in [1.54, 1.807) is 12.3 Å². The summed E-state index contributed by atoms with van der Waals surface area (Å²) in [7, 11) is 0. The highest BCUT2D eigenvalue weighted by Crippen LogP contribution is 2.32. The fraction of sp³-hybridized carbons (Fsp3) is 0.368. The quantitative estimate of drug-likeness (QED) is 0.721. The lowest BCUT2D eigenvalue weighted by Crippen LogP contribution is -2.25. The van der Waals surface area contributed by atoms with Gasteiger partial charge in [-0.2, -0.15) is 0 Å². The first-order chi connectivity index (χ1) is 12.3. The molecule has 6 nitrogen and oxygen atoms in total. The molecule has 2 heterocycles. The molecule has 1 aromatic heterocycles. The lowest BCUT2D eigenvalue weighted by Gasteiger charge is -2.09. The Hall–Kier alpha value is -2.76. The van der Waals surface area contributed by atoms with Crippen LogP contribution in [0.5, 0.6) is 11.5 Å². The molecule has 0 saturated carbocycles. The van der Waals surface area contributed by atoms with E-state index < -0.39 is 0 Å². The van der Waals surface area contributed by atoms with E-state index >= 15 is 0 Å². The van der Waals surface area contributed by atoms with Crippen LogP contribution in [0.25, 0.3) is 0 Å². The molecule has 132 valence electrons. The van der Waals surface area contributed by atoms with Crippen LogP contribution < -0.4 is 20.1 Å². The number of pyridine rings is 1. The van der Waals surface area contributed by atoms with Gasteiger partial charge in [0.05, 0.1) is 0 Å². The van der Waals surface area contributed by atoms with Crippen LogP contribution in [0.2, 0.25) is 0 Å². The van der Waals surface area contributed by atoms with E-state index in [1.165, 1.54) is 0 Å². The zero-order chi connectivity index (χ0) is 17.5. The highest BCUT2D eigenvalue weighted by atomic mass is 16.7. The van der Waals surface area contributed by atoms with Crippen molar-refractivity contribution in [2.24, 2.45) is 0 Å². The number of aromatic nitrogens is 1. The van der Waals surface area contributed by atoms with Gasteiger partial charge in [0.15, 0.2) is 11.5 Å². The number of ether oxygens (including phenoxy) is 2. The number of benzene rings is 1. The Morgan fingerprint density at radius 3 is 2.92 bits per heavy atom. The minimum absolute atomic E-state index is 0.136. The number of rotatable bonds is 8. The summed E-state index contributed by atoms with van der Waals surface area (Å²) in [5, 5.41) is 6.21. The molecule has 0 spiro atoms. The second-order valence-corrected chi connectivity index (χ2v) is 5.93. The van der Waals surface area contributed by atoms with Gasteiger partial charge in [0.1, 0.15) is 5.69 Å². The van der Waals surface area contributed by atoms with Crippen molar-refractivity contribution >= 4 is 11.6 Å². The van der Waals surface area contributed by atoms with Gasteiger partial charge in [-0.25, -0.2) is 0 Å². The first-order valence-electron chi connectivity index (χ1n) is 8.63. The van der Waals surface area contributed by atoms with Crippen LogP contribution in [0.1, 0.15) is 42.2 Å². The summed E-state index contributed by atoms with van der Waals surface area (Å²) in [4.78, 5) is 16.3. The molecule has 3 rings (SSSR count). The average Bonchev–Trinajstić information content (AvgIpc) is 3.11. The molecule has 6 heteroatoms. The summed E-state index contributed by atoms with van der Waals surface area (Å²) >= 11 is 0. The first kappa shape index (κ1) is 17.1. The van der Waals surface area contributed by atoms with Crippen LogP contribution in [0.4, 0.5) is 5.69 Å². The van der Waals surface area contributed by atoms with Crippen molar-refractivity contribution in [1.82, 2.24) is 10.3 Å². The predicted molar refractivity (Wildman–Crippen MR) is 96.0 cm³/mol. The average molecular weight is 341 g/mol. The summed E-state index contributed by atoms with van der Waals surface area (Å²) in [5.41, 5.74) is 2.35. The number of nitrogens with zero attached hydrogens (tertiary/aromatic N) is 1. The highest BCUT2D eigenvalue weighted by molar-refractivity contribution is 5.93. The molecule has 0 bridgehead atoms. The van der Waals surface area contributed by atoms with Crippen molar-refractivity contribution in [3.63, 3.8) is 0 Å². The molecular formula is C19H23N3O3. The minimum Gasteiger partial charge on any atom is -0.454 e. The first-order valence-corrected chi connectivity index (χ1v) is 8.63. The maximum atomic E-state index is 12.1. The molecule has 1 aliphatic heterocycles. The number of anilines is 1. The van der Waals surface area contributed by atoms with Gasteiger partial charge in [0.2, 0.25) is 6.79 Å². The number of amides is 1. The number of unbranched alkanes of at least 4 members (excludes halogenated alkanes) is 2. The van der Waals surface area contributed by atoms with E-state index in [-0.39, 0.29) is 12.7 Å². The van der Waals surface area contributed by atoms with Gasteiger partial charge in [-0.3, -0.25) is 9.78 Å². The molecule has 0 atom stereocenters. The minimum atomic E-state index is -0.136. The topological polar surface area (TPSA) is 72.5 Å². The molecule has 0 aliphatic carbocycles. The lowest BCUT2D eigenvalue weighted by molar-refractivity contribution is 0.0948. The third kappa shape index (κ3) is 4.62. The third-order valence-electron chi connectivity index (χ3n) is 3.99. The Morgan fingerprint density at radius 2 is 2.04 bits per heavy atom. The van der Waals surface area contributed by atoms with E-state index in [2.05, 4.69) is 22.5 Å². The van der Waals surface area contributed by atoms with Gasteiger partial charge >= 0.3 is 0 Å². The Bertz CT molecular complexity index is 734. The van der Waals surface area contributed by atoms with Crippen molar-refractivity contribution in [3.8, 4) is 11.5 Å². The number of hydrogen-bond donors (Lipinski definition) is 2. The van der Waals surface area contributed by atoms with E-state index in [0.717, 1.165) is 42.0 Å². The van der Waals surface area contributed by atoms with Crippen molar-refractivity contribution in [3.05, 3.63) is 47.8 Å². The molecule has 0 radical (unpaired) electrons. The molecule has 0 fully saturated rings. The zero-order valence-corrected chi connectivity index (χ0v) is 14.4. The van der Waals surface area contributed by atoms with Crippen molar-refractivity contribution in [1.29, 1.82) is 0 Å². The molecule has 1 aromatic carbocycles. The summed E-state index contributed by atoms with van der Waals surface area (Å²) in [5.74, 6) is 1.40. The Balaban J connectivity index is 1.55. The number of carbonyl (C=O) groups is 1. The number of carbonyl (C=O) groups excluding carboxylic acids is 1. The van der Waals surface area contributed by atoms with Gasteiger partial charge in [0, 0.05) is 25.0 Å². The van der Waals surface area contributed by atoms with Crippen LogP contribution in [0.15, 0.2) is 36.5 Å². The monoisotopic (exact) mass is 341 g/mol. The molecule has 2 N–H and O–H groups in total. The maximum Gasteiger partial charge on any atom is 0.269 e. The lowest BCUT2D eigenvalue weighted by atomic mass is 10.2. The van der Waals surface area contributed by atoms with Crippen molar-refractivity contribution in [2.45, 2.75) is 32.7 Å². The molecule has 2 aromatic rings. The van der Waals surface area contributed by atoms with Crippen LogP contribution in [0, 0.1) is 0 Å². The second-order valence-electron chi connectivity index (χ2n) is 5.93. The molecule has 1 amide bonds. The fourth-order valence-corrected chi connectivity index (χ4v) is 2.59. The van der Waals surface area contributed by atoms with Crippen LogP contribution in [0.3, 0.4) is 0 Å². The summed E-state index contributed by atoms with van der Waals surface area (Å²) in [6.45, 7) is 3.72. The Labute approximate surface area is 147 Å². The molecule has 0 saturated heterocycles. The normalized spacial score (nSPS) is 12.0. The number of nitrogens with one attached hydrogen (secondary N) is 2. The summed E-state index contributed by atoms with van der Waals surface area (Å²) < 4.78 is 10.7. The predicted octanol–water partition coefficient (Wildman–Crippen LogP) is 3.34. The molecular weight excluding hydrogens is 318 g/mol. The van der Waals surface area contributed by atoms with E-state index in [4.69, 9.17) is 9.47 Å². The second kappa shape index (κ2) is 8.37. The smallest absolute Gasteiger partial charge is 0.269 e. The van der Waals surface area contributed by atoms with Crippen LogP contribution >= 0.6 is 0 Å². The summed E-state index contributed by atoms with van der Waals surface area (Å²) in [6.07, 6.45) is 4.88. The van der Waals surface area contributed by atoms with Crippen LogP contribution in [-0.4, -0.2) is 24.2 Å². The largest absolute Gasteiger partial charge is 0.454 e. The number of hydrogen-bond acceptors (Lipinski definition) is 5. The third-order valence-corrected chi connectivity index (χ3v) is 3.99. The number of fused-ring (bicyclic) bond motifs is 1. The van der Waals surface area contributed by atoms with Crippen molar-refractivity contribution < 1.29 is 14.3 Å². The Kier molecular flexibility index (Phi) is 5.72. The fourth-order valence-electron chi connectivity index (χ4n) is 2.59. The van der Waals surface area contributed by atoms with Gasteiger partial charge in [0.25, 0.3) is 5.91 Å². The molecule has 25 heavy (non-hydrogen) atoms.